The van der Waals surface area contributed by atoms with Crippen molar-refractivity contribution in [2.75, 3.05) is 27.9 Å². The van der Waals surface area contributed by atoms with Crippen molar-refractivity contribution in [1.29, 1.82) is 0 Å². The Kier molecular flexibility index (Phi) is 6.01. The Hall–Kier alpha value is -2.05. The van der Waals surface area contributed by atoms with E-state index in [0.29, 0.717) is 6.61 Å². The van der Waals surface area contributed by atoms with Gasteiger partial charge in [-0.05, 0) is 19.2 Å². The maximum absolute atomic E-state index is 14.1. The van der Waals surface area contributed by atoms with E-state index < -0.39 is 11.6 Å². The number of hydrogen-bond donors (Lipinski definition) is 0. The van der Waals surface area contributed by atoms with E-state index in [0.717, 1.165) is 5.69 Å². The van der Waals surface area contributed by atoms with Crippen LogP contribution in [0.3, 0.4) is 0 Å². The van der Waals surface area contributed by atoms with Gasteiger partial charge < -0.3 is 9.47 Å². The number of ether oxygens (including phenoxy) is 2. The molecule has 0 radical (unpaired) electrons. The van der Waals surface area contributed by atoms with Crippen molar-refractivity contribution >= 4 is 0 Å². The number of benzene rings is 1. The van der Waals surface area contributed by atoms with E-state index in [4.69, 9.17) is 9.47 Å². The van der Waals surface area contributed by atoms with Crippen molar-refractivity contribution in [3.8, 4) is 5.75 Å². The molecule has 0 N–H and O–H groups in total. The Morgan fingerprint density at radius 2 is 1.87 bits per heavy atom. The Morgan fingerprint density at radius 3 is 2.39 bits per heavy atom. The molecule has 124 valence electrons. The molecule has 0 aliphatic heterocycles. The van der Waals surface area contributed by atoms with Crippen LogP contribution in [0.4, 0.5) is 8.78 Å². The van der Waals surface area contributed by atoms with Gasteiger partial charge >= 0.3 is 0 Å². The molecule has 0 aliphatic carbocycles. The Balaban J connectivity index is 2.24. The molecule has 2 aromatic rings. The van der Waals surface area contributed by atoms with Crippen LogP contribution in [0.15, 0.2) is 36.5 Å². The van der Waals surface area contributed by atoms with E-state index in [-0.39, 0.29) is 23.9 Å². The van der Waals surface area contributed by atoms with Crippen LogP contribution in [0.25, 0.3) is 0 Å². The molecule has 0 saturated heterocycles. The molecule has 1 aromatic heterocycles. The summed E-state index contributed by atoms with van der Waals surface area (Å²) in [5, 5.41) is 0. The van der Waals surface area contributed by atoms with Gasteiger partial charge in [0.2, 0.25) is 0 Å². The average molecular weight is 322 g/mol. The standard InChI is InChI=1S/C17H20F2N2O2/c1-21(17(11-22-2)16-6-4-5-7-20-16)10-13-14(18)8-12(23-3)9-15(13)19/h4-9,17H,10-11H2,1-3H3. The predicted octanol–water partition coefficient (Wildman–Crippen LogP) is 3.19. The molecule has 0 amide bonds. The summed E-state index contributed by atoms with van der Waals surface area (Å²) in [5.41, 5.74) is 0.775. The first-order valence-corrected chi connectivity index (χ1v) is 7.18. The molecular weight excluding hydrogens is 302 g/mol. The number of methoxy groups -OCH3 is 2. The summed E-state index contributed by atoms with van der Waals surface area (Å²) in [6.45, 7) is 0.458. The molecule has 0 fully saturated rings. The van der Waals surface area contributed by atoms with Crippen LogP contribution >= 0.6 is 0 Å². The molecule has 2 rings (SSSR count). The average Bonchev–Trinajstić information content (AvgIpc) is 2.56. The molecule has 6 heteroatoms. The van der Waals surface area contributed by atoms with Crippen LogP contribution in [0.5, 0.6) is 5.75 Å². The number of hydrogen-bond acceptors (Lipinski definition) is 4. The fourth-order valence-corrected chi connectivity index (χ4v) is 2.38. The smallest absolute Gasteiger partial charge is 0.134 e. The Morgan fingerprint density at radius 1 is 1.17 bits per heavy atom. The number of halogens is 2. The van der Waals surface area contributed by atoms with E-state index in [1.165, 1.54) is 19.2 Å². The topological polar surface area (TPSA) is 34.6 Å². The minimum atomic E-state index is -0.633. The van der Waals surface area contributed by atoms with Gasteiger partial charge in [-0.1, -0.05) is 6.07 Å². The molecule has 1 atom stereocenters. The largest absolute Gasteiger partial charge is 0.497 e. The van der Waals surface area contributed by atoms with Crippen molar-refractivity contribution in [1.82, 2.24) is 9.88 Å². The molecule has 0 aliphatic rings. The third kappa shape index (κ3) is 4.24. The van der Waals surface area contributed by atoms with E-state index in [1.54, 1.807) is 25.3 Å². The monoisotopic (exact) mass is 322 g/mol. The van der Waals surface area contributed by atoms with Gasteiger partial charge in [-0.15, -0.1) is 0 Å². The Bertz CT molecular complexity index is 615. The zero-order chi connectivity index (χ0) is 16.8. The van der Waals surface area contributed by atoms with Crippen LogP contribution in [0, 0.1) is 11.6 Å². The van der Waals surface area contributed by atoms with Gasteiger partial charge in [-0.3, -0.25) is 9.88 Å². The van der Waals surface area contributed by atoms with Crippen molar-refractivity contribution < 1.29 is 18.3 Å². The van der Waals surface area contributed by atoms with Gasteiger partial charge in [0.1, 0.15) is 17.4 Å². The van der Waals surface area contributed by atoms with Gasteiger partial charge in [-0.2, -0.15) is 0 Å². The third-order valence-electron chi connectivity index (χ3n) is 3.64. The summed E-state index contributed by atoms with van der Waals surface area (Å²) in [7, 11) is 4.73. The first-order chi connectivity index (χ1) is 11.1. The highest BCUT2D eigenvalue weighted by Crippen LogP contribution is 2.25. The van der Waals surface area contributed by atoms with Crippen molar-refractivity contribution in [3.63, 3.8) is 0 Å². The fraction of sp³-hybridized carbons (Fsp3) is 0.353. The normalized spacial score (nSPS) is 12.4. The first-order valence-electron chi connectivity index (χ1n) is 7.18. The molecule has 1 heterocycles. The lowest BCUT2D eigenvalue weighted by atomic mass is 10.1. The molecule has 4 nitrogen and oxygen atoms in total. The third-order valence-corrected chi connectivity index (χ3v) is 3.64. The van der Waals surface area contributed by atoms with Crippen molar-refractivity contribution in [2.45, 2.75) is 12.6 Å². The summed E-state index contributed by atoms with van der Waals surface area (Å²) >= 11 is 0. The zero-order valence-corrected chi connectivity index (χ0v) is 13.4. The molecule has 23 heavy (non-hydrogen) atoms. The second-order valence-corrected chi connectivity index (χ2v) is 5.21. The molecular formula is C17H20F2N2O2. The van der Waals surface area contributed by atoms with E-state index in [9.17, 15) is 8.78 Å². The number of nitrogens with zero attached hydrogens (tertiary/aromatic N) is 2. The van der Waals surface area contributed by atoms with Gasteiger partial charge in [0.25, 0.3) is 0 Å². The highest BCUT2D eigenvalue weighted by molar-refractivity contribution is 5.30. The summed E-state index contributed by atoms with van der Waals surface area (Å²) in [6, 6.07) is 7.70. The second-order valence-electron chi connectivity index (χ2n) is 5.21. The lowest BCUT2D eigenvalue weighted by Crippen LogP contribution is -2.29. The van der Waals surface area contributed by atoms with Gasteiger partial charge in [0, 0.05) is 37.5 Å². The lowest BCUT2D eigenvalue weighted by molar-refractivity contribution is 0.0986. The second kappa shape index (κ2) is 7.99. The fourth-order valence-electron chi connectivity index (χ4n) is 2.38. The minimum Gasteiger partial charge on any atom is -0.497 e. The summed E-state index contributed by atoms with van der Waals surface area (Å²) in [4.78, 5) is 6.11. The van der Waals surface area contributed by atoms with Crippen molar-refractivity contribution in [3.05, 3.63) is 59.4 Å². The predicted molar refractivity (Wildman–Crippen MR) is 83.2 cm³/mol. The number of rotatable bonds is 7. The quantitative estimate of drug-likeness (QED) is 0.784. The number of pyridine rings is 1. The van der Waals surface area contributed by atoms with E-state index in [1.807, 2.05) is 18.2 Å². The summed E-state index contributed by atoms with van der Waals surface area (Å²) < 4.78 is 38.3. The van der Waals surface area contributed by atoms with Crippen LogP contribution in [0.2, 0.25) is 0 Å². The Labute approximate surface area is 134 Å². The van der Waals surface area contributed by atoms with Crippen LogP contribution < -0.4 is 4.74 Å². The van der Waals surface area contributed by atoms with Gasteiger partial charge in [-0.25, -0.2) is 8.78 Å². The van der Waals surface area contributed by atoms with Crippen LogP contribution in [0.1, 0.15) is 17.3 Å². The van der Waals surface area contributed by atoms with E-state index >= 15 is 0 Å². The number of aromatic nitrogens is 1. The number of likely N-dealkylation sites (N-methyl/N-ethyl adjacent to an activating group) is 1. The van der Waals surface area contributed by atoms with Crippen LogP contribution in [-0.4, -0.2) is 37.8 Å². The SMILES string of the molecule is COCC(c1ccccn1)N(C)Cc1c(F)cc(OC)cc1F. The van der Waals surface area contributed by atoms with E-state index in [2.05, 4.69) is 4.98 Å². The van der Waals surface area contributed by atoms with Crippen LogP contribution in [-0.2, 0) is 11.3 Å². The van der Waals surface area contributed by atoms with Crippen molar-refractivity contribution in [2.24, 2.45) is 0 Å². The first kappa shape index (κ1) is 17.3. The zero-order valence-electron chi connectivity index (χ0n) is 13.4. The van der Waals surface area contributed by atoms with Gasteiger partial charge in [0.05, 0.1) is 25.5 Å². The molecule has 1 aromatic carbocycles. The molecule has 0 saturated carbocycles. The highest BCUT2D eigenvalue weighted by atomic mass is 19.1. The lowest BCUT2D eigenvalue weighted by Gasteiger charge is -2.27. The summed E-state index contributed by atoms with van der Waals surface area (Å²) in [5.74, 6) is -1.11. The maximum atomic E-state index is 14.1. The molecule has 1 unspecified atom stereocenters. The summed E-state index contributed by atoms with van der Waals surface area (Å²) in [6.07, 6.45) is 1.68. The van der Waals surface area contributed by atoms with Gasteiger partial charge in [0.15, 0.2) is 0 Å². The molecule has 0 bridgehead atoms. The molecule has 0 spiro atoms. The maximum Gasteiger partial charge on any atom is 0.134 e. The minimum absolute atomic E-state index is 0.00895. The highest BCUT2D eigenvalue weighted by Gasteiger charge is 2.21.